The number of amides is 1. The number of allylic oxidation sites excluding steroid dienone is 6. The maximum atomic E-state index is 12.5. The Hall–Kier alpha value is -1.92. The Balaban J connectivity index is 3.38. The fourth-order valence-electron chi connectivity index (χ4n) is 11.2. The molecule has 0 radical (unpaired) electrons. The number of carbonyl (C=O) groups is 2. The molecule has 6 heteroatoms. The number of rotatable bonds is 67. The van der Waals surface area contributed by atoms with Gasteiger partial charge < -0.3 is 20.3 Å². The molecule has 0 saturated heterocycles. The van der Waals surface area contributed by atoms with Crippen molar-refractivity contribution in [1.82, 2.24) is 5.32 Å². The molecular formula is C73H139NO5. The lowest BCUT2D eigenvalue weighted by Crippen LogP contribution is -2.45. The van der Waals surface area contributed by atoms with Crippen molar-refractivity contribution < 1.29 is 24.5 Å². The molecule has 0 aromatic heterocycles. The molecule has 0 aliphatic rings. The summed E-state index contributed by atoms with van der Waals surface area (Å²) in [5, 5.41) is 23.4. The van der Waals surface area contributed by atoms with Crippen molar-refractivity contribution in [2.75, 3.05) is 13.2 Å². The lowest BCUT2D eigenvalue weighted by atomic mass is 10.0. The fourth-order valence-corrected chi connectivity index (χ4v) is 11.2. The first-order valence-corrected chi connectivity index (χ1v) is 35.7. The van der Waals surface area contributed by atoms with E-state index >= 15 is 0 Å². The average Bonchev–Trinajstić information content (AvgIpc) is 3.45. The molecular weight excluding hydrogens is 971 g/mol. The van der Waals surface area contributed by atoms with Crippen molar-refractivity contribution >= 4 is 11.9 Å². The van der Waals surface area contributed by atoms with Crippen LogP contribution < -0.4 is 5.32 Å². The molecule has 0 aliphatic heterocycles. The largest absolute Gasteiger partial charge is 0.466 e. The summed E-state index contributed by atoms with van der Waals surface area (Å²) < 4.78 is 5.50. The summed E-state index contributed by atoms with van der Waals surface area (Å²) >= 11 is 0. The van der Waals surface area contributed by atoms with Gasteiger partial charge >= 0.3 is 5.97 Å². The molecule has 0 bridgehead atoms. The fraction of sp³-hybridized carbons (Fsp3) is 0.890. The van der Waals surface area contributed by atoms with E-state index in [9.17, 15) is 19.8 Å². The average molecular weight is 1110 g/mol. The molecule has 0 fully saturated rings. The van der Waals surface area contributed by atoms with Crippen molar-refractivity contribution in [2.45, 2.75) is 405 Å². The second kappa shape index (κ2) is 68.6. The van der Waals surface area contributed by atoms with Crippen LogP contribution in [0.2, 0.25) is 0 Å². The highest BCUT2D eigenvalue weighted by molar-refractivity contribution is 5.76. The van der Waals surface area contributed by atoms with E-state index in [0.717, 1.165) is 51.4 Å². The summed E-state index contributed by atoms with van der Waals surface area (Å²) in [6.45, 7) is 4.96. The molecule has 1 amide bonds. The van der Waals surface area contributed by atoms with E-state index < -0.39 is 12.1 Å². The number of esters is 1. The maximum absolute atomic E-state index is 12.5. The first-order valence-electron chi connectivity index (χ1n) is 35.7. The van der Waals surface area contributed by atoms with Gasteiger partial charge in [-0.15, -0.1) is 0 Å². The highest BCUT2D eigenvalue weighted by Gasteiger charge is 2.20. The van der Waals surface area contributed by atoms with Gasteiger partial charge in [-0.05, 0) is 83.5 Å². The van der Waals surface area contributed by atoms with E-state index in [1.165, 1.54) is 308 Å². The number of aliphatic hydroxyl groups is 2. The summed E-state index contributed by atoms with van der Waals surface area (Å²) in [5.41, 5.74) is 0. The quantitative estimate of drug-likeness (QED) is 0.0320. The van der Waals surface area contributed by atoms with Crippen LogP contribution in [0.5, 0.6) is 0 Å². The van der Waals surface area contributed by atoms with Crippen molar-refractivity contribution in [3.05, 3.63) is 36.5 Å². The Morgan fingerprint density at radius 1 is 0.354 bits per heavy atom. The number of ether oxygens (including phenoxy) is 1. The lowest BCUT2D eigenvalue weighted by Gasteiger charge is -2.22. The lowest BCUT2D eigenvalue weighted by molar-refractivity contribution is -0.143. The van der Waals surface area contributed by atoms with Gasteiger partial charge in [-0.3, -0.25) is 9.59 Å². The van der Waals surface area contributed by atoms with Gasteiger partial charge in [0, 0.05) is 12.8 Å². The van der Waals surface area contributed by atoms with Crippen LogP contribution in [0.25, 0.3) is 0 Å². The van der Waals surface area contributed by atoms with Crippen LogP contribution in [0.15, 0.2) is 36.5 Å². The van der Waals surface area contributed by atoms with Crippen LogP contribution in [0.4, 0.5) is 0 Å². The van der Waals surface area contributed by atoms with Crippen LogP contribution in [0, 0.1) is 0 Å². The van der Waals surface area contributed by atoms with Gasteiger partial charge in [0.25, 0.3) is 0 Å². The highest BCUT2D eigenvalue weighted by Crippen LogP contribution is 2.19. The highest BCUT2D eigenvalue weighted by atomic mass is 16.5. The zero-order valence-electron chi connectivity index (χ0n) is 53.4. The van der Waals surface area contributed by atoms with E-state index in [-0.39, 0.29) is 18.5 Å². The van der Waals surface area contributed by atoms with E-state index in [0.29, 0.717) is 25.9 Å². The number of nitrogens with one attached hydrogen (secondary N) is 1. The van der Waals surface area contributed by atoms with Gasteiger partial charge in [-0.25, -0.2) is 0 Å². The summed E-state index contributed by atoms with van der Waals surface area (Å²) in [5.74, 6) is -0.0245. The molecule has 2 unspecified atom stereocenters. The third kappa shape index (κ3) is 65.1. The predicted octanol–water partition coefficient (Wildman–Crippen LogP) is 23.1. The molecule has 0 aliphatic carbocycles. The van der Waals surface area contributed by atoms with Crippen LogP contribution in [0.1, 0.15) is 393 Å². The van der Waals surface area contributed by atoms with E-state index in [1.807, 2.05) is 0 Å². The molecule has 0 rings (SSSR count). The third-order valence-corrected chi connectivity index (χ3v) is 16.7. The third-order valence-electron chi connectivity index (χ3n) is 16.7. The SMILES string of the molecule is CCCCCC/C=C\C/C=C\CCCCCCCCCC(=O)OCCCCCCCCCCCCCC/C=C\CCCCCCCCCCCCCC(=O)NC(CO)C(O)CCCCCCCCCCCCCCCCCCC. The zero-order valence-corrected chi connectivity index (χ0v) is 53.4. The Bertz CT molecular complexity index is 1280. The Kier molecular flexibility index (Phi) is 66.9. The van der Waals surface area contributed by atoms with Crippen LogP contribution in [0.3, 0.4) is 0 Å². The number of unbranched alkanes of at least 4 members (excludes halogenated alkanes) is 50. The van der Waals surface area contributed by atoms with Gasteiger partial charge in [0.15, 0.2) is 0 Å². The zero-order chi connectivity index (χ0) is 57.1. The molecule has 2 atom stereocenters. The van der Waals surface area contributed by atoms with Crippen molar-refractivity contribution in [3.63, 3.8) is 0 Å². The molecule has 0 heterocycles. The van der Waals surface area contributed by atoms with Gasteiger partial charge in [-0.2, -0.15) is 0 Å². The van der Waals surface area contributed by atoms with Crippen molar-refractivity contribution in [3.8, 4) is 0 Å². The predicted molar refractivity (Wildman–Crippen MR) is 347 cm³/mol. The monoisotopic (exact) mass is 1110 g/mol. The second-order valence-electron chi connectivity index (χ2n) is 24.6. The molecule has 0 spiro atoms. The van der Waals surface area contributed by atoms with E-state index in [2.05, 4.69) is 55.6 Å². The van der Waals surface area contributed by atoms with Crippen LogP contribution in [-0.2, 0) is 14.3 Å². The molecule has 3 N–H and O–H groups in total. The Morgan fingerprint density at radius 3 is 0.987 bits per heavy atom. The first kappa shape index (κ1) is 77.1. The summed E-state index contributed by atoms with van der Waals surface area (Å²) in [7, 11) is 0. The minimum Gasteiger partial charge on any atom is -0.466 e. The van der Waals surface area contributed by atoms with Gasteiger partial charge in [-0.1, -0.05) is 333 Å². The maximum Gasteiger partial charge on any atom is 0.305 e. The van der Waals surface area contributed by atoms with Gasteiger partial charge in [0.05, 0.1) is 25.4 Å². The normalized spacial score (nSPS) is 12.7. The topological polar surface area (TPSA) is 95.9 Å². The standard InChI is InChI=1S/C73H139NO5/c1-3-5-7-9-11-13-15-17-19-21-35-39-43-47-51-55-59-63-67-73(78)79-68-64-60-56-52-48-44-40-36-32-30-28-26-24-22-23-25-27-29-31-34-38-42-46-50-54-58-62-66-72(77)74-70(69-75)71(76)65-61-57-53-49-45-41-37-33-20-18-16-14-12-10-8-6-4-2/h13,15,19,21-23,70-71,75-76H,3-12,14,16-18,20,24-69H2,1-2H3,(H,74,77)/b15-13-,21-19-,23-22-. The summed E-state index contributed by atoms with van der Waals surface area (Å²) in [4.78, 5) is 24.6. The van der Waals surface area contributed by atoms with Crippen LogP contribution >= 0.6 is 0 Å². The minimum absolute atomic E-state index is 0.00830. The molecule has 0 aromatic carbocycles. The molecule has 0 saturated carbocycles. The van der Waals surface area contributed by atoms with Crippen molar-refractivity contribution in [2.24, 2.45) is 0 Å². The van der Waals surface area contributed by atoms with Gasteiger partial charge in [0.1, 0.15) is 0 Å². The number of aliphatic hydroxyl groups excluding tert-OH is 2. The molecule has 0 aromatic rings. The number of hydrogen-bond donors (Lipinski definition) is 3. The number of carbonyl (C=O) groups excluding carboxylic acids is 2. The van der Waals surface area contributed by atoms with E-state index in [1.54, 1.807) is 0 Å². The first-order chi connectivity index (χ1) is 39.0. The Morgan fingerprint density at radius 2 is 0.633 bits per heavy atom. The van der Waals surface area contributed by atoms with Crippen LogP contribution in [-0.4, -0.2) is 47.4 Å². The summed E-state index contributed by atoms with van der Waals surface area (Å²) in [6, 6.07) is -0.543. The molecule has 79 heavy (non-hydrogen) atoms. The van der Waals surface area contributed by atoms with Crippen molar-refractivity contribution in [1.29, 1.82) is 0 Å². The molecule has 6 nitrogen and oxygen atoms in total. The van der Waals surface area contributed by atoms with Gasteiger partial charge in [0.2, 0.25) is 5.91 Å². The number of hydrogen-bond acceptors (Lipinski definition) is 5. The smallest absolute Gasteiger partial charge is 0.305 e. The van der Waals surface area contributed by atoms with E-state index in [4.69, 9.17) is 4.74 Å². The molecule has 466 valence electrons. The second-order valence-corrected chi connectivity index (χ2v) is 24.6. The Labute approximate surface area is 494 Å². The summed E-state index contributed by atoms with van der Waals surface area (Å²) in [6.07, 6.45) is 87.6. The minimum atomic E-state index is -0.665.